The highest BCUT2D eigenvalue weighted by Crippen LogP contribution is 2.30. The molecule has 1 amide bonds. The lowest BCUT2D eigenvalue weighted by Crippen LogP contribution is -2.46. The van der Waals surface area contributed by atoms with Gasteiger partial charge in [-0.1, -0.05) is 0 Å². The molecule has 7 heteroatoms. The first-order chi connectivity index (χ1) is 12.1. The third kappa shape index (κ3) is 4.21. The van der Waals surface area contributed by atoms with Crippen molar-refractivity contribution in [2.24, 2.45) is 0 Å². The first-order valence-corrected chi connectivity index (χ1v) is 9.29. The maximum Gasteiger partial charge on any atom is 0.409 e. The molecule has 0 bridgehead atoms. The molecule has 0 aromatic carbocycles. The third-order valence-electron chi connectivity index (χ3n) is 5.03. The molecule has 1 N–H and O–H groups in total. The second kappa shape index (κ2) is 7.99. The van der Waals surface area contributed by atoms with Gasteiger partial charge in [-0.3, -0.25) is 0 Å². The van der Waals surface area contributed by atoms with E-state index >= 15 is 0 Å². The summed E-state index contributed by atoms with van der Waals surface area (Å²) < 4.78 is 5.09. The molecule has 1 saturated heterocycles. The van der Waals surface area contributed by atoms with Gasteiger partial charge >= 0.3 is 6.09 Å². The van der Waals surface area contributed by atoms with Gasteiger partial charge in [0.1, 0.15) is 0 Å². The van der Waals surface area contributed by atoms with Gasteiger partial charge in [-0.15, -0.1) is 0 Å². The lowest BCUT2D eigenvalue weighted by Gasteiger charge is -2.35. The molecular weight excluding hydrogens is 318 g/mol. The quantitative estimate of drug-likeness (QED) is 0.900. The van der Waals surface area contributed by atoms with Crippen LogP contribution in [-0.4, -0.2) is 60.8 Å². The van der Waals surface area contributed by atoms with Crippen molar-refractivity contribution in [3.63, 3.8) is 0 Å². The molecule has 0 spiro atoms. The number of hydrogen-bond acceptors (Lipinski definition) is 6. The molecule has 2 aliphatic rings. The van der Waals surface area contributed by atoms with Crippen LogP contribution in [-0.2, 0) is 11.2 Å². The standard InChI is InChI=1S/C18H29N5O2/c1-4-25-18(24)23-10-8-13(9-11-23)20-15-6-5-7-16-14(15)12-19-17(21-16)22(2)3/h12-13,15,20H,4-11H2,1-3H3/t15-/m1/s1. The number of rotatable bonds is 4. The van der Waals surface area contributed by atoms with E-state index in [0.29, 0.717) is 18.7 Å². The predicted molar refractivity (Wildman–Crippen MR) is 96.8 cm³/mol. The number of amides is 1. The lowest BCUT2D eigenvalue weighted by atomic mass is 9.91. The molecule has 1 aliphatic heterocycles. The molecule has 1 fully saturated rings. The molecule has 138 valence electrons. The summed E-state index contributed by atoms with van der Waals surface area (Å²) in [4.78, 5) is 24.8. The first kappa shape index (κ1) is 17.9. The van der Waals surface area contributed by atoms with Crippen molar-refractivity contribution in [3.05, 3.63) is 17.5 Å². The summed E-state index contributed by atoms with van der Waals surface area (Å²) in [6.45, 7) is 3.79. The Balaban J connectivity index is 1.59. The van der Waals surface area contributed by atoms with Gasteiger partial charge < -0.3 is 19.9 Å². The van der Waals surface area contributed by atoms with Crippen LogP contribution in [0.2, 0.25) is 0 Å². The molecule has 1 aromatic heterocycles. The van der Waals surface area contributed by atoms with Crippen molar-refractivity contribution >= 4 is 12.0 Å². The van der Waals surface area contributed by atoms with Crippen molar-refractivity contribution in [1.29, 1.82) is 0 Å². The van der Waals surface area contributed by atoms with Crippen LogP contribution in [0, 0.1) is 0 Å². The molecule has 3 rings (SSSR count). The van der Waals surface area contributed by atoms with Crippen LogP contribution in [0.15, 0.2) is 6.20 Å². The van der Waals surface area contributed by atoms with E-state index in [2.05, 4.69) is 10.3 Å². The van der Waals surface area contributed by atoms with Crippen molar-refractivity contribution in [2.75, 3.05) is 38.7 Å². The molecule has 0 radical (unpaired) electrons. The topological polar surface area (TPSA) is 70.6 Å². The van der Waals surface area contributed by atoms with Crippen LogP contribution >= 0.6 is 0 Å². The van der Waals surface area contributed by atoms with Gasteiger partial charge in [-0.25, -0.2) is 14.8 Å². The Hall–Kier alpha value is -1.89. The third-order valence-corrected chi connectivity index (χ3v) is 5.03. The molecule has 0 saturated carbocycles. The summed E-state index contributed by atoms with van der Waals surface area (Å²) in [6, 6.07) is 0.745. The van der Waals surface area contributed by atoms with Crippen LogP contribution < -0.4 is 10.2 Å². The Morgan fingerprint density at radius 3 is 2.80 bits per heavy atom. The predicted octanol–water partition coefficient (Wildman–Crippen LogP) is 2.13. The van der Waals surface area contributed by atoms with Gasteiger partial charge in [0, 0.05) is 51.0 Å². The smallest absolute Gasteiger partial charge is 0.409 e. The number of carbonyl (C=O) groups is 1. The summed E-state index contributed by atoms with van der Waals surface area (Å²) in [5.74, 6) is 0.780. The zero-order valence-electron chi connectivity index (χ0n) is 15.5. The molecule has 1 aromatic rings. The van der Waals surface area contributed by atoms with E-state index in [9.17, 15) is 4.79 Å². The van der Waals surface area contributed by atoms with E-state index in [-0.39, 0.29) is 6.09 Å². The van der Waals surface area contributed by atoms with E-state index in [1.165, 1.54) is 11.3 Å². The van der Waals surface area contributed by atoms with E-state index in [1.54, 1.807) is 0 Å². The normalized spacial score (nSPS) is 20.9. The number of aromatic nitrogens is 2. The number of likely N-dealkylation sites (tertiary alicyclic amines) is 1. The Kier molecular flexibility index (Phi) is 5.73. The van der Waals surface area contributed by atoms with Crippen molar-refractivity contribution in [1.82, 2.24) is 20.2 Å². The highest BCUT2D eigenvalue weighted by molar-refractivity contribution is 5.67. The average molecular weight is 347 g/mol. The van der Waals surface area contributed by atoms with Gasteiger partial charge in [-0.2, -0.15) is 0 Å². The van der Waals surface area contributed by atoms with Gasteiger partial charge in [0.15, 0.2) is 0 Å². The van der Waals surface area contributed by atoms with Gasteiger partial charge in [0.25, 0.3) is 0 Å². The highest BCUT2D eigenvalue weighted by Gasteiger charge is 2.28. The Morgan fingerprint density at radius 1 is 1.36 bits per heavy atom. The maximum atomic E-state index is 11.8. The largest absolute Gasteiger partial charge is 0.450 e. The highest BCUT2D eigenvalue weighted by atomic mass is 16.6. The van der Waals surface area contributed by atoms with Gasteiger partial charge in [0.05, 0.1) is 12.3 Å². The molecule has 1 atom stereocenters. The molecule has 2 heterocycles. The summed E-state index contributed by atoms with van der Waals surface area (Å²) in [6.07, 6.45) is 7.02. The van der Waals surface area contributed by atoms with Crippen molar-refractivity contribution in [2.45, 2.75) is 51.1 Å². The number of piperidine rings is 1. The van der Waals surface area contributed by atoms with Gasteiger partial charge in [0.2, 0.25) is 5.95 Å². The fourth-order valence-corrected chi connectivity index (χ4v) is 3.65. The summed E-state index contributed by atoms with van der Waals surface area (Å²) >= 11 is 0. The van der Waals surface area contributed by atoms with E-state index < -0.39 is 0 Å². The molecular formula is C18H29N5O2. The average Bonchev–Trinajstić information content (AvgIpc) is 2.62. The number of aryl methyl sites for hydroxylation is 1. The van der Waals surface area contributed by atoms with E-state index in [0.717, 1.165) is 51.1 Å². The fraction of sp³-hybridized carbons (Fsp3) is 0.722. The minimum Gasteiger partial charge on any atom is -0.450 e. The first-order valence-electron chi connectivity index (χ1n) is 9.29. The number of ether oxygens (including phenoxy) is 1. The Labute approximate surface area is 149 Å². The number of anilines is 1. The number of nitrogens with zero attached hydrogens (tertiary/aromatic N) is 4. The van der Waals surface area contributed by atoms with Crippen LogP contribution in [0.3, 0.4) is 0 Å². The summed E-state index contributed by atoms with van der Waals surface area (Å²) in [5, 5.41) is 3.78. The second-order valence-corrected chi connectivity index (χ2v) is 7.04. The summed E-state index contributed by atoms with van der Waals surface area (Å²) in [7, 11) is 3.94. The van der Waals surface area contributed by atoms with Crippen molar-refractivity contribution in [3.8, 4) is 0 Å². The SMILES string of the molecule is CCOC(=O)N1CCC(N[C@@H]2CCCc3nc(N(C)C)ncc32)CC1. The van der Waals surface area contributed by atoms with Crippen LogP contribution in [0.5, 0.6) is 0 Å². The Morgan fingerprint density at radius 2 is 2.12 bits per heavy atom. The zero-order chi connectivity index (χ0) is 17.8. The monoisotopic (exact) mass is 347 g/mol. The number of hydrogen-bond donors (Lipinski definition) is 1. The van der Waals surface area contributed by atoms with Crippen LogP contribution in [0.25, 0.3) is 0 Å². The van der Waals surface area contributed by atoms with Crippen LogP contribution in [0.1, 0.15) is 49.9 Å². The molecule has 0 unspecified atom stereocenters. The lowest BCUT2D eigenvalue weighted by molar-refractivity contribution is 0.0939. The minimum atomic E-state index is -0.187. The minimum absolute atomic E-state index is 0.187. The zero-order valence-corrected chi connectivity index (χ0v) is 15.5. The number of fused-ring (bicyclic) bond motifs is 1. The maximum absolute atomic E-state index is 11.8. The number of carbonyl (C=O) groups excluding carboxylic acids is 1. The van der Waals surface area contributed by atoms with Crippen molar-refractivity contribution < 1.29 is 9.53 Å². The van der Waals surface area contributed by atoms with E-state index in [4.69, 9.17) is 9.72 Å². The second-order valence-electron chi connectivity index (χ2n) is 7.04. The summed E-state index contributed by atoms with van der Waals surface area (Å²) in [5.41, 5.74) is 2.41. The molecule has 7 nitrogen and oxygen atoms in total. The fourth-order valence-electron chi connectivity index (χ4n) is 3.65. The van der Waals surface area contributed by atoms with Gasteiger partial charge in [-0.05, 0) is 39.0 Å². The van der Waals surface area contributed by atoms with E-state index in [1.807, 2.05) is 37.0 Å². The number of nitrogens with one attached hydrogen (secondary N) is 1. The molecule has 1 aliphatic carbocycles. The van der Waals surface area contributed by atoms with Crippen LogP contribution in [0.4, 0.5) is 10.7 Å². The Bertz CT molecular complexity index is 599. The molecule has 25 heavy (non-hydrogen) atoms.